The standard InChI is InChI=1S/C15H23ClN2O3S/c1-5-6-12(3)17-15(19)10-18(22(4,20)21)13-8-7-11(2)14(16)9-13/h7-9,12H,5-6,10H2,1-4H3,(H,17,19). The Labute approximate surface area is 137 Å². The van der Waals surface area contributed by atoms with Gasteiger partial charge in [-0.1, -0.05) is 31.0 Å². The number of halogens is 1. The Morgan fingerprint density at radius 1 is 1.41 bits per heavy atom. The Bertz CT molecular complexity index is 632. The quantitative estimate of drug-likeness (QED) is 0.825. The smallest absolute Gasteiger partial charge is 0.240 e. The molecule has 0 heterocycles. The Morgan fingerprint density at radius 2 is 2.05 bits per heavy atom. The predicted molar refractivity (Wildman–Crippen MR) is 90.9 cm³/mol. The van der Waals surface area contributed by atoms with E-state index < -0.39 is 10.0 Å². The maximum Gasteiger partial charge on any atom is 0.240 e. The summed E-state index contributed by atoms with van der Waals surface area (Å²) in [6.07, 6.45) is 2.87. The van der Waals surface area contributed by atoms with Crippen LogP contribution in [-0.2, 0) is 14.8 Å². The van der Waals surface area contributed by atoms with Crippen molar-refractivity contribution in [3.63, 3.8) is 0 Å². The maximum atomic E-state index is 12.1. The summed E-state index contributed by atoms with van der Waals surface area (Å²) >= 11 is 6.05. The molecule has 1 aromatic carbocycles. The molecule has 0 radical (unpaired) electrons. The van der Waals surface area contributed by atoms with E-state index in [1.165, 1.54) is 0 Å². The Hall–Kier alpha value is -1.27. The van der Waals surface area contributed by atoms with E-state index in [1.54, 1.807) is 18.2 Å². The summed E-state index contributed by atoms with van der Waals surface area (Å²) in [5.74, 6) is -0.330. The zero-order valence-electron chi connectivity index (χ0n) is 13.4. The lowest BCUT2D eigenvalue weighted by Crippen LogP contribution is -2.43. The van der Waals surface area contributed by atoms with Gasteiger partial charge in [0.25, 0.3) is 0 Å². The van der Waals surface area contributed by atoms with E-state index in [4.69, 9.17) is 11.6 Å². The molecule has 0 saturated heterocycles. The normalized spacial score (nSPS) is 12.8. The molecular weight excluding hydrogens is 324 g/mol. The number of hydrogen-bond donors (Lipinski definition) is 1. The molecule has 0 aliphatic carbocycles. The highest BCUT2D eigenvalue weighted by atomic mass is 35.5. The number of aryl methyl sites for hydroxylation is 1. The van der Waals surface area contributed by atoms with E-state index in [1.807, 2.05) is 20.8 Å². The van der Waals surface area contributed by atoms with Crippen molar-refractivity contribution in [2.45, 2.75) is 39.7 Å². The van der Waals surface area contributed by atoms with Gasteiger partial charge in [-0.3, -0.25) is 9.10 Å². The van der Waals surface area contributed by atoms with Crippen LogP contribution in [0.4, 0.5) is 5.69 Å². The van der Waals surface area contributed by atoms with Crippen molar-refractivity contribution in [3.8, 4) is 0 Å². The molecule has 1 rings (SSSR count). The monoisotopic (exact) mass is 346 g/mol. The first kappa shape index (κ1) is 18.8. The molecule has 0 spiro atoms. The predicted octanol–water partition coefficient (Wildman–Crippen LogP) is 2.72. The van der Waals surface area contributed by atoms with Gasteiger partial charge in [0.15, 0.2) is 0 Å². The van der Waals surface area contributed by atoms with Crippen LogP contribution in [0.3, 0.4) is 0 Å². The molecule has 1 N–H and O–H groups in total. The van der Waals surface area contributed by atoms with Crippen molar-refractivity contribution in [2.24, 2.45) is 0 Å². The first-order valence-corrected chi connectivity index (χ1v) is 9.41. The van der Waals surface area contributed by atoms with Gasteiger partial charge in [0, 0.05) is 11.1 Å². The van der Waals surface area contributed by atoms with Crippen LogP contribution in [0.25, 0.3) is 0 Å². The molecule has 0 aliphatic heterocycles. The number of nitrogens with zero attached hydrogens (tertiary/aromatic N) is 1. The first-order chi connectivity index (χ1) is 10.1. The van der Waals surface area contributed by atoms with Crippen LogP contribution in [0.15, 0.2) is 18.2 Å². The van der Waals surface area contributed by atoms with Gasteiger partial charge in [-0.05, 0) is 38.0 Å². The summed E-state index contributed by atoms with van der Waals surface area (Å²) < 4.78 is 25.0. The molecular formula is C15H23ClN2O3S. The summed E-state index contributed by atoms with van der Waals surface area (Å²) in [6, 6.07) is 4.94. The van der Waals surface area contributed by atoms with Crippen LogP contribution in [0.1, 0.15) is 32.3 Å². The molecule has 1 unspecified atom stereocenters. The number of carbonyl (C=O) groups excluding carboxylic acids is 1. The Morgan fingerprint density at radius 3 is 2.55 bits per heavy atom. The third-order valence-electron chi connectivity index (χ3n) is 3.26. The molecule has 124 valence electrons. The minimum atomic E-state index is -3.58. The molecule has 0 saturated carbocycles. The molecule has 0 aromatic heterocycles. The van der Waals surface area contributed by atoms with Crippen LogP contribution < -0.4 is 9.62 Å². The average molecular weight is 347 g/mol. The molecule has 7 heteroatoms. The van der Waals surface area contributed by atoms with Gasteiger partial charge < -0.3 is 5.32 Å². The number of amides is 1. The van der Waals surface area contributed by atoms with Gasteiger partial charge in [0.05, 0.1) is 11.9 Å². The summed E-state index contributed by atoms with van der Waals surface area (Å²) in [5.41, 5.74) is 1.23. The van der Waals surface area contributed by atoms with E-state index in [0.29, 0.717) is 10.7 Å². The summed E-state index contributed by atoms with van der Waals surface area (Å²) in [7, 11) is -3.58. The fourth-order valence-corrected chi connectivity index (χ4v) is 3.12. The van der Waals surface area contributed by atoms with Crippen molar-refractivity contribution in [2.75, 3.05) is 17.1 Å². The number of nitrogens with one attached hydrogen (secondary N) is 1. The van der Waals surface area contributed by atoms with Crippen LogP contribution in [0.5, 0.6) is 0 Å². The largest absolute Gasteiger partial charge is 0.352 e. The Balaban J connectivity index is 2.95. The van der Waals surface area contributed by atoms with Crippen molar-refractivity contribution >= 4 is 33.2 Å². The molecule has 0 aliphatic rings. The second-order valence-corrected chi connectivity index (χ2v) is 7.77. The average Bonchev–Trinajstić information content (AvgIpc) is 2.38. The van der Waals surface area contributed by atoms with E-state index in [0.717, 1.165) is 29.0 Å². The molecule has 1 aromatic rings. The number of anilines is 1. The highest BCUT2D eigenvalue weighted by Crippen LogP contribution is 2.24. The molecule has 22 heavy (non-hydrogen) atoms. The lowest BCUT2D eigenvalue weighted by atomic mass is 10.2. The minimum Gasteiger partial charge on any atom is -0.352 e. The van der Waals surface area contributed by atoms with E-state index in [2.05, 4.69) is 5.32 Å². The third-order valence-corrected chi connectivity index (χ3v) is 4.81. The van der Waals surface area contributed by atoms with E-state index in [9.17, 15) is 13.2 Å². The van der Waals surface area contributed by atoms with Crippen LogP contribution in [-0.4, -0.2) is 33.2 Å². The third kappa shape index (κ3) is 5.50. The van der Waals surface area contributed by atoms with E-state index >= 15 is 0 Å². The lowest BCUT2D eigenvalue weighted by molar-refractivity contribution is -0.120. The summed E-state index contributed by atoms with van der Waals surface area (Å²) in [5, 5.41) is 3.26. The van der Waals surface area contributed by atoms with Gasteiger partial charge in [0.2, 0.25) is 15.9 Å². The fourth-order valence-electron chi connectivity index (χ4n) is 2.09. The Kier molecular flexibility index (Phi) is 6.68. The molecule has 5 nitrogen and oxygen atoms in total. The van der Waals surface area contributed by atoms with Gasteiger partial charge >= 0.3 is 0 Å². The molecule has 0 bridgehead atoms. The van der Waals surface area contributed by atoms with Gasteiger partial charge in [-0.25, -0.2) is 8.42 Å². The lowest BCUT2D eigenvalue weighted by Gasteiger charge is -2.23. The first-order valence-electron chi connectivity index (χ1n) is 7.18. The van der Waals surface area contributed by atoms with Crippen molar-refractivity contribution in [1.29, 1.82) is 0 Å². The molecule has 1 atom stereocenters. The van der Waals surface area contributed by atoms with Crippen molar-refractivity contribution in [1.82, 2.24) is 5.32 Å². The second kappa shape index (κ2) is 7.83. The number of benzene rings is 1. The van der Waals surface area contributed by atoms with Gasteiger partial charge in [-0.15, -0.1) is 0 Å². The minimum absolute atomic E-state index is 0.0144. The topological polar surface area (TPSA) is 66.5 Å². The summed E-state index contributed by atoms with van der Waals surface area (Å²) in [6.45, 7) is 5.50. The zero-order valence-corrected chi connectivity index (χ0v) is 15.0. The van der Waals surface area contributed by atoms with E-state index in [-0.39, 0.29) is 18.5 Å². The van der Waals surface area contributed by atoms with Crippen LogP contribution >= 0.6 is 11.6 Å². The molecule has 1 amide bonds. The number of hydrogen-bond acceptors (Lipinski definition) is 3. The van der Waals surface area contributed by atoms with Crippen LogP contribution in [0.2, 0.25) is 5.02 Å². The van der Waals surface area contributed by atoms with Gasteiger partial charge in [0.1, 0.15) is 6.54 Å². The molecule has 0 fully saturated rings. The zero-order chi connectivity index (χ0) is 16.9. The summed E-state index contributed by atoms with van der Waals surface area (Å²) in [4.78, 5) is 12.1. The highest BCUT2D eigenvalue weighted by Gasteiger charge is 2.22. The SMILES string of the molecule is CCCC(C)NC(=O)CN(c1ccc(C)c(Cl)c1)S(C)(=O)=O. The number of rotatable bonds is 7. The second-order valence-electron chi connectivity index (χ2n) is 5.46. The van der Waals surface area contributed by atoms with Crippen LogP contribution in [0, 0.1) is 6.92 Å². The highest BCUT2D eigenvalue weighted by molar-refractivity contribution is 7.92. The number of sulfonamides is 1. The van der Waals surface area contributed by atoms with Crippen molar-refractivity contribution < 1.29 is 13.2 Å². The number of carbonyl (C=O) groups is 1. The van der Waals surface area contributed by atoms with Crippen molar-refractivity contribution in [3.05, 3.63) is 28.8 Å². The maximum absolute atomic E-state index is 12.1. The van der Waals surface area contributed by atoms with Gasteiger partial charge in [-0.2, -0.15) is 0 Å². The fraction of sp³-hybridized carbons (Fsp3) is 0.533.